The van der Waals surface area contributed by atoms with Crippen LogP contribution in [0.15, 0.2) is 24.3 Å². The molecule has 0 unspecified atom stereocenters. The Labute approximate surface area is 125 Å². The Kier molecular flexibility index (Phi) is 6.88. The van der Waals surface area contributed by atoms with Crippen molar-refractivity contribution in [1.82, 2.24) is 10.6 Å². The molecule has 0 aliphatic carbocycles. The van der Waals surface area contributed by atoms with E-state index in [1.807, 2.05) is 13.8 Å². The van der Waals surface area contributed by atoms with Crippen LogP contribution in [0.3, 0.4) is 0 Å². The SMILES string of the molecule is CCCNC(=O)c1cccc(C(=O)N[C@@H](C)C[C@@H](C)O)c1. The van der Waals surface area contributed by atoms with Crippen LogP contribution in [-0.4, -0.2) is 35.6 Å². The molecule has 0 saturated heterocycles. The highest BCUT2D eigenvalue weighted by atomic mass is 16.3. The van der Waals surface area contributed by atoms with Crippen LogP contribution in [0.1, 0.15) is 54.3 Å². The van der Waals surface area contributed by atoms with Gasteiger partial charge in [-0.2, -0.15) is 0 Å². The minimum atomic E-state index is -0.466. The van der Waals surface area contributed by atoms with Gasteiger partial charge in [0.15, 0.2) is 0 Å². The molecule has 116 valence electrons. The zero-order valence-corrected chi connectivity index (χ0v) is 12.8. The van der Waals surface area contributed by atoms with Crippen molar-refractivity contribution in [2.45, 2.75) is 45.8 Å². The fourth-order valence-corrected chi connectivity index (χ4v) is 2.02. The molecule has 0 fully saturated rings. The summed E-state index contributed by atoms with van der Waals surface area (Å²) >= 11 is 0. The molecule has 5 heteroatoms. The quantitative estimate of drug-likeness (QED) is 0.716. The van der Waals surface area contributed by atoms with Crippen LogP contribution in [0.5, 0.6) is 0 Å². The Morgan fingerprint density at radius 3 is 2.38 bits per heavy atom. The van der Waals surface area contributed by atoms with E-state index in [4.69, 9.17) is 0 Å². The largest absolute Gasteiger partial charge is 0.393 e. The summed E-state index contributed by atoms with van der Waals surface area (Å²) in [5.74, 6) is -0.420. The van der Waals surface area contributed by atoms with Gasteiger partial charge in [-0.3, -0.25) is 9.59 Å². The highest BCUT2D eigenvalue weighted by Crippen LogP contribution is 2.07. The number of amides is 2. The molecule has 1 aromatic carbocycles. The Bertz CT molecular complexity index is 486. The maximum Gasteiger partial charge on any atom is 0.251 e. The van der Waals surface area contributed by atoms with Gasteiger partial charge in [-0.15, -0.1) is 0 Å². The third kappa shape index (κ3) is 5.95. The second kappa shape index (κ2) is 8.42. The van der Waals surface area contributed by atoms with E-state index in [2.05, 4.69) is 10.6 Å². The summed E-state index contributed by atoms with van der Waals surface area (Å²) in [6, 6.07) is 6.49. The normalized spacial score (nSPS) is 13.3. The summed E-state index contributed by atoms with van der Waals surface area (Å²) in [6.45, 7) is 6.11. The van der Waals surface area contributed by atoms with Crippen molar-refractivity contribution >= 4 is 11.8 Å². The summed E-state index contributed by atoms with van der Waals surface area (Å²) in [5, 5.41) is 14.9. The maximum atomic E-state index is 12.1. The molecule has 0 spiro atoms. The second-order valence-corrected chi connectivity index (χ2v) is 5.30. The lowest BCUT2D eigenvalue weighted by molar-refractivity contribution is 0.0923. The highest BCUT2D eigenvalue weighted by molar-refractivity contribution is 5.99. The van der Waals surface area contributed by atoms with Crippen molar-refractivity contribution in [1.29, 1.82) is 0 Å². The van der Waals surface area contributed by atoms with E-state index >= 15 is 0 Å². The molecule has 0 heterocycles. The van der Waals surface area contributed by atoms with Crippen molar-refractivity contribution in [3.63, 3.8) is 0 Å². The molecule has 1 aromatic rings. The van der Waals surface area contributed by atoms with Crippen LogP contribution < -0.4 is 10.6 Å². The van der Waals surface area contributed by atoms with Gasteiger partial charge in [0.05, 0.1) is 6.10 Å². The van der Waals surface area contributed by atoms with Crippen molar-refractivity contribution in [2.75, 3.05) is 6.54 Å². The lowest BCUT2D eigenvalue weighted by Crippen LogP contribution is -2.34. The molecule has 0 aliphatic heterocycles. The minimum Gasteiger partial charge on any atom is -0.393 e. The molecule has 0 aliphatic rings. The van der Waals surface area contributed by atoms with Gasteiger partial charge in [-0.1, -0.05) is 13.0 Å². The summed E-state index contributed by atoms with van der Waals surface area (Å²) in [4.78, 5) is 24.0. The first kappa shape index (κ1) is 17.2. The predicted molar refractivity (Wildman–Crippen MR) is 82.3 cm³/mol. The van der Waals surface area contributed by atoms with Crippen LogP contribution in [0.4, 0.5) is 0 Å². The van der Waals surface area contributed by atoms with E-state index < -0.39 is 6.10 Å². The molecule has 5 nitrogen and oxygen atoms in total. The Morgan fingerprint density at radius 1 is 1.19 bits per heavy atom. The first-order valence-corrected chi connectivity index (χ1v) is 7.31. The number of carbonyl (C=O) groups is 2. The van der Waals surface area contributed by atoms with Crippen molar-refractivity contribution in [2.24, 2.45) is 0 Å². The van der Waals surface area contributed by atoms with Crippen LogP contribution in [0.25, 0.3) is 0 Å². The number of carbonyl (C=O) groups excluding carboxylic acids is 2. The Morgan fingerprint density at radius 2 is 1.81 bits per heavy atom. The summed E-state index contributed by atoms with van der Waals surface area (Å²) in [5.41, 5.74) is 0.913. The molecule has 0 saturated carbocycles. The van der Waals surface area contributed by atoms with E-state index in [1.165, 1.54) is 0 Å². The van der Waals surface area contributed by atoms with E-state index in [-0.39, 0.29) is 17.9 Å². The maximum absolute atomic E-state index is 12.1. The van der Waals surface area contributed by atoms with E-state index in [0.717, 1.165) is 6.42 Å². The van der Waals surface area contributed by atoms with E-state index in [0.29, 0.717) is 24.1 Å². The number of nitrogens with one attached hydrogen (secondary N) is 2. The van der Waals surface area contributed by atoms with Gasteiger partial charge in [-0.25, -0.2) is 0 Å². The number of aliphatic hydroxyl groups is 1. The summed E-state index contributed by atoms with van der Waals surface area (Å²) in [6.07, 6.45) is 0.886. The molecule has 1 rings (SSSR count). The third-order valence-electron chi connectivity index (χ3n) is 2.99. The Hall–Kier alpha value is -1.88. The molecule has 0 aromatic heterocycles. The molecule has 0 radical (unpaired) electrons. The Balaban J connectivity index is 2.70. The standard InChI is InChI=1S/C16H24N2O3/c1-4-8-17-15(20)13-6-5-7-14(10-13)16(21)18-11(2)9-12(3)19/h5-7,10-12,19H,4,8-9H2,1-3H3,(H,17,20)(H,18,21)/t11-,12+/m0/s1. The van der Waals surface area contributed by atoms with Gasteiger partial charge in [0, 0.05) is 23.7 Å². The number of rotatable bonds is 7. The van der Waals surface area contributed by atoms with Crippen molar-refractivity contribution in [3.8, 4) is 0 Å². The van der Waals surface area contributed by atoms with Crippen molar-refractivity contribution < 1.29 is 14.7 Å². The average molecular weight is 292 g/mol. The molecular formula is C16H24N2O3. The average Bonchev–Trinajstić information content (AvgIpc) is 2.43. The number of benzene rings is 1. The number of aliphatic hydroxyl groups excluding tert-OH is 1. The lowest BCUT2D eigenvalue weighted by atomic mass is 10.1. The monoisotopic (exact) mass is 292 g/mol. The van der Waals surface area contributed by atoms with Gasteiger partial charge < -0.3 is 15.7 Å². The zero-order chi connectivity index (χ0) is 15.8. The fraction of sp³-hybridized carbons (Fsp3) is 0.500. The molecule has 2 amide bonds. The van der Waals surface area contributed by atoms with Crippen LogP contribution in [-0.2, 0) is 0 Å². The first-order chi connectivity index (χ1) is 9.93. The lowest BCUT2D eigenvalue weighted by Gasteiger charge is -2.15. The minimum absolute atomic E-state index is 0.130. The van der Waals surface area contributed by atoms with Crippen LogP contribution >= 0.6 is 0 Å². The summed E-state index contributed by atoms with van der Waals surface area (Å²) < 4.78 is 0. The molecule has 21 heavy (non-hydrogen) atoms. The van der Waals surface area contributed by atoms with Gasteiger partial charge in [0.1, 0.15) is 0 Å². The highest BCUT2D eigenvalue weighted by Gasteiger charge is 2.13. The molecular weight excluding hydrogens is 268 g/mol. The number of hydrogen-bond donors (Lipinski definition) is 3. The number of hydrogen-bond acceptors (Lipinski definition) is 3. The van der Waals surface area contributed by atoms with Gasteiger partial charge in [0.2, 0.25) is 0 Å². The first-order valence-electron chi connectivity index (χ1n) is 7.31. The van der Waals surface area contributed by atoms with Gasteiger partial charge >= 0.3 is 0 Å². The van der Waals surface area contributed by atoms with Crippen molar-refractivity contribution in [3.05, 3.63) is 35.4 Å². The predicted octanol–water partition coefficient (Wildman–Crippen LogP) is 1.72. The molecule has 0 bridgehead atoms. The third-order valence-corrected chi connectivity index (χ3v) is 2.99. The van der Waals surface area contributed by atoms with Gasteiger partial charge in [0.25, 0.3) is 11.8 Å². The zero-order valence-electron chi connectivity index (χ0n) is 12.8. The van der Waals surface area contributed by atoms with Gasteiger partial charge in [-0.05, 0) is 44.9 Å². The summed E-state index contributed by atoms with van der Waals surface area (Å²) in [7, 11) is 0. The molecule has 2 atom stereocenters. The fourth-order valence-electron chi connectivity index (χ4n) is 2.02. The smallest absolute Gasteiger partial charge is 0.251 e. The van der Waals surface area contributed by atoms with E-state index in [1.54, 1.807) is 31.2 Å². The molecule has 3 N–H and O–H groups in total. The van der Waals surface area contributed by atoms with Crippen LogP contribution in [0, 0.1) is 0 Å². The second-order valence-electron chi connectivity index (χ2n) is 5.30. The van der Waals surface area contributed by atoms with E-state index in [9.17, 15) is 14.7 Å². The topological polar surface area (TPSA) is 78.4 Å². The van der Waals surface area contributed by atoms with Crippen LogP contribution in [0.2, 0.25) is 0 Å².